The molecule has 1 saturated heterocycles. The van der Waals surface area contributed by atoms with E-state index in [1.807, 2.05) is 24.3 Å². The first-order chi connectivity index (χ1) is 15.1. The van der Waals surface area contributed by atoms with Crippen LogP contribution in [0.3, 0.4) is 0 Å². The molecule has 0 aromatic heterocycles. The number of hydrogen-bond acceptors (Lipinski definition) is 5. The number of fused-ring (bicyclic) bond motifs is 2. The summed E-state index contributed by atoms with van der Waals surface area (Å²) in [5.74, 6) is 0.372. The van der Waals surface area contributed by atoms with Crippen LogP contribution in [0.1, 0.15) is 37.7 Å². The van der Waals surface area contributed by atoms with Gasteiger partial charge in [-0.3, -0.25) is 4.79 Å². The third kappa shape index (κ3) is 3.80. The topological polar surface area (TPSA) is 53.9 Å². The molecule has 1 amide bonds. The highest BCUT2D eigenvalue weighted by Crippen LogP contribution is 2.55. The van der Waals surface area contributed by atoms with Crippen molar-refractivity contribution < 1.29 is 18.3 Å². The zero-order chi connectivity index (χ0) is 21.4. The van der Waals surface area contributed by atoms with Crippen molar-refractivity contribution in [3.8, 4) is 5.75 Å². The van der Waals surface area contributed by atoms with Gasteiger partial charge in [0.2, 0.25) is 5.91 Å². The molecule has 1 aromatic carbocycles. The zero-order valence-electron chi connectivity index (χ0n) is 17.2. The fourth-order valence-electron chi connectivity index (χ4n) is 4.70. The van der Waals surface area contributed by atoms with Crippen LogP contribution < -0.4 is 10.1 Å². The van der Waals surface area contributed by atoms with Gasteiger partial charge in [-0.25, -0.2) is 13.8 Å². The summed E-state index contributed by atoms with van der Waals surface area (Å²) in [6.07, 6.45) is 4.23. The summed E-state index contributed by atoms with van der Waals surface area (Å²) >= 11 is 1.33. The van der Waals surface area contributed by atoms with Gasteiger partial charge in [0.1, 0.15) is 27.7 Å². The Kier molecular flexibility index (Phi) is 5.60. The number of nitrogens with zero attached hydrogens (tertiary/aromatic N) is 2. The highest BCUT2D eigenvalue weighted by Gasteiger charge is 2.52. The monoisotopic (exact) mass is 445 g/mol. The maximum Gasteiger partial charge on any atom is 0.244 e. The number of thioether (sulfide) groups is 1. The Labute approximate surface area is 184 Å². The quantitative estimate of drug-likeness (QED) is 0.748. The molecule has 1 aliphatic carbocycles. The van der Waals surface area contributed by atoms with Crippen LogP contribution in [0.25, 0.3) is 0 Å². The second-order valence-corrected chi connectivity index (χ2v) is 9.66. The summed E-state index contributed by atoms with van der Waals surface area (Å²) in [6.45, 7) is 2.21. The lowest BCUT2D eigenvalue weighted by Gasteiger charge is -2.40. The van der Waals surface area contributed by atoms with Crippen molar-refractivity contribution in [3.05, 3.63) is 53.4 Å². The van der Waals surface area contributed by atoms with E-state index >= 15 is 0 Å². The van der Waals surface area contributed by atoms with Crippen LogP contribution in [0, 0.1) is 5.92 Å². The second-order valence-electron chi connectivity index (χ2n) is 8.39. The van der Waals surface area contributed by atoms with Crippen LogP contribution in [0.2, 0.25) is 0 Å². The SMILES string of the molecule is O=C(CC1CCCNC1)N1N=C(C2=CC(F)CC=C2F)SC12CCOc1ccccc12. The van der Waals surface area contributed by atoms with E-state index in [1.54, 1.807) is 0 Å². The molecule has 3 unspecified atom stereocenters. The van der Waals surface area contributed by atoms with Gasteiger partial charge in [-0.2, -0.15) is 5.10 Å². The lowest BCUT2D eigenvalue weighted by atomic mass is 9.94. The third-order valence-electron chi connectivity index (χ3n) is 6.26. The van der Waals surface area contributed by atoms with Crippen LogP contribution in [0.15, 0.2) is 52.9 Å². The van der Waals surface area contributed by atoms with E-state index in [-0.39, 0.29) is 23.8 Å². The molecule has 3 atom stereocenters. The number of nitrogens with one attached hydrogen (secondary N) is 1. The molecule has 5 rings (SSSR count). The van der Waals surface area contributed by atoms with Crippen molar-refractivity contribution in [1.29, 1.82) is 0 Å². The Balaban J connectivity index is 1.53. The van der Waals surface area contributed by atoms with Crippen molar-refractivity contribution in [3.63, 3.8) is 0 Å². The molecule has 4 aliphatic rings. The zero-order valence-corrected chi connectivity index (χ0v) is 18.0. The number of para-hydroxylation sites is 1. The maximum atomic E-state index is 14.6. The van der Waals surface area contributed by atoms with Crippen molar-refractivity contribution in [2.75, 3.05) is 19.7 Å². The molecule has 1 N–H and O–H groups in total. The number of piperidine rings is 1. The molecule has 5 nitrogen and oxygen atoms in total. The average Bonchev–Trinajstić information content (AvgIpc) is 3.16. The van der Waals surface area contributed by atoms with E-state index in [0.717, 1.165) is 31.5 Å². The van der Waals surface area contributed by atoms with E-state index in [2.05, 4.69) is 10.4 Å². The van der Waals surface area contributed by atoms with Crippen LogP contribution in [-0.4, -0.2) is 41.8 Å². The number of hydrazone groups is 1. The van der Waals surface area contributed by atoms with Gasteiger partial charge in [0.15, 0.2) is 0 Å². The number of ether oxygens (including phenoxy) is 1. The largest absolute Gasteiger partial charge is 0.493 e. The number of hydrogen-bond donors (Lipinski definition) is 1. The minimum absolute atomic E-state index is 0.0203. The number of allylic oxidation sites excluding steroid dienone is 3. The van der Waals surface area contributed by atoms with Crippen LogP contribution in [0.5, 0.6) is 5.75 Å². The molecular weight excluding hydrogens is 420 g/mol. The van der Waals surface area contributed by atoms with Gasteiger partial charge < -0.3 is 10.1 Å². The van der Waals surface area contributed by atoms with E-state index < -0.39 is 16.9 Å². The third-order valence-corrected chi connectivity index (χ3v) is 7.69. The molecule has 3 aliphatic heterocycles. The number of amides is 1. The van der Waals surface area contributed by atoms with E-state index in [1.165, 1.54) is 28.9 Å². The molecule has 0 saturated carbocycles. The summed E-state index contributed by atoms with van der Waals surface area (Å²) in [5, 5.41) is 9.84. The first kappa shape index (κ1) is 20.7. The Hall–Kier alpha value is -2.19. The average molecular weight is 446 g/mol. The number of carbonyl (C=O) groups is 1. The van der Waals surface area contributed by atoms with Gasteiger partial charge >= 0.3 is 0 Å². The minimum Gasteiger partial charge on any atom is -0.493 e. The smallest absolute Gasteiger partial charge is 0.244 e. The number of halogens is 2. The normalized spacial score (nSPS) is 30.3. The van der Waals surface area contributed by atoms with E-state index in [4.69, 9.17) is 4.74 Å². The van der Waals surface area contributed by atoms with Gasteiger partial charge in [0.25, 0.3) is 0 Å². The molecule has 1 fully saturated rings. The van der Waals surface area contributed by atoms with Crippen molar-refractivity contribution in [2.45, 2.75) is 43.1 Å². The molecule has 164 valence electrons. The Morgan fingerprint density at radius 3 is 3.10 bits per heavy atom. The Morgan fingerprint density at radius 1 is 1.39 bits per heavy atom. The minimum atomic E-state index is -1.26. The summed E-state index contributed by atoms with van der Waals surface area (Å²) in [6, 6.07) is 7.60. The highest BCUT2D eigenvalue weighted by atomic mass is 32.2. The summed E-state index contributed by atoms with van der Waals surface area (Å²) in [5.41, 5.74) is 0.986. The molecule has 31 heavy (non-hydrogen) atoms. The van der Waals surface area contributed by atoms with E-state index in [0.29, 0.717) is 30.2 Å². The predicted octanol–water partition coefficient (Wildman–Crippen LogP) is 4.42. The van der Waals surface area contributed by atoms with E-state index in [9.17, 15) is 13.6 Å². The molecule has 1 spiro atoms. The highest BCUT2D eigenvalue weighted by molar-refractivity contribution is 8.15. The number of benzene rings is 1. The molecule has 3 heterocycles. The first-order valence-corrected chi connectivity index (χ1v) is 11.6. The number of alkyl halides is 1. The van der Waals surface area contributed by atoms with Crippen LogP contribution >= 0.6 is 11.8 Å². The van der Waals surface area contributed by atoms with Crippen molar-refractivity contribution in [2.24, 2.45) is 11.0 Å². The predicted molar refractivity (Wildman–Crippen MR) is 117 cm³/mol. The Bertz CT molecular complexity index is 973. The molecular formula is C23H25F2N3O2S. The second kappa shape index (κ2) is 8.39. The molecule has 0 radical (unpaired) electrons. The fourth-order valence-corrected chi connectivity index (χ4v) is 6.11. The summed E-state index contributed by atoms with van der Waals surface area (Å²) < 4.78 is 34.5. The van der Waals surface area contributed by atoms with Crippen LogP contribution in [-0.2, 0) is 9.67 Å². The fraction of sp³-hybridized carbons (Fsp3) is 0.478. The lowest BCUT2D eigenvalue weighted by Crippen LogP contribution is -2.45. The lowest BCUT2D eigenvalue weighted by molar-refractivity contribution is -0.136. The van der Waals surface area contributed by atoms with Gasteiger partial charge in [0, 0.05) is 30.4 Å². The standard InChI is InChI=1S/C23H25F2N3O2S/c24-16-7-8-19(25)17(13-16)22-27-28(21(29)12-15-4-3-10-26-14-15)23(31-22)9-11-30-20-6-2-1-5-18(20)23/h1-2,5-6,8,13,15-16,26H,3-4,7,9-12,14H2. The number of carbonyl (C=O) groups excluding carboxylic acids is 1. The van der Waals surface area contributed by atoms with Gasteiger partial charge in [0.05, 0.1) is 6.61 Å². The van der Waals surface area contributed by atoms with Gasteiger partial charge in [-0.05, 0) is 50.1 Å². The van der Waals surface area contributed by atoms with Crippen molar-refractivity contribution in [1.82, 2.24) is 10.3 Å². The molecule has 0 bridgehead atoms. The molecule has 8 heteroatoms. The summed E-state index contributed by atoms with van der Waals surface area (Å²) in [7, 11) is 0. The van der Waals surface area contributed by atoms with Crippen molar-refractivity contribution >= 4 is 22.7 Å². The molecule has 1 aromatic rings. The van der Waals surface area contributed by atoms with Gasteiger partial charge in [-0.1, -0.05) is 30.0 Å². The van der Waals surface area contributed by atoms with Gasteiger partial charge in [-0.15, -0.1) is 0 Å². The number of rotatable bonds is 3. The maximum absolute atomic E-state index is 14.6. The first-order valence-electron chi connectivity index (χ1n) is 10.8. The van der Waals surface area contributed by atoms with Crippen LogP contribution in [0.4, 0.5) is 8.78 Å². The Morgan fingerprint density at radius 2 is 2.26 bits per heavy atom. The summed E-state index contributed by atoms with van der Waals surface area (Å²) in [4.78, 5) is 12.7.